The van der Waals surface area contributed by atoms with Crippen molar-refractivity contribution >= 4 is 5.97 Å². The largest absolute Gasteiger partial charge is 0.468 e. The molecule has 2 rings (SSSR count). The van der Waals surface area contributed by atoms with Crippen molar-refractivity contribution in [3.05, 3.63) is 23.8 Å². The monoisotopic (exact) mass is 220 g/mol. The molecule has 88 valence electrons. The second kappa shape index (κ2) is 3.76. The van der Waals surface area contributed by atoms with Crippen molar-refractivity contribution in [1.82, 2.24) is 0 Å². The Morgan fingerprint density at radius 1 is 1.50 bits per heavy atom. The fraction of sp³-hybridized carbons (Fsp3) is 0.643. The summed E-state index contributed by atoms with van der Waals surface area (Å²) < 4.78 is 4.98. The molecular weight excluding hydrogens is 200 g/mol. The molecule has 2 fully saturated rings. The van der Waals surface area contributed by atoms with E-state index in [0.717, 1.165) is 12.8 Å². The van der Waals surface area contributed by atoms with Gasteiger partial charge in [0.1, 0.15) is 0 Å². The van der Waals surface area contributed by atoms with Gasteiger partial charge in [-0.05, 0) is 44.9 Å². The predicted octanol–water partition coefficient (Wildman–Crippen LogP) is 3.10. The van der Waals surface area contributed by atoms with E-state index in [9.17, 15) is 4.79 Å². The van der Waals surface area contributed by atoms with Gasteiger partial charge in [0.15, 0.2) is 0 Å². The summed E-state index contributed by atoms with van der Waals surface area (Å²) in [7, 11) is 1.47. The van der Waals surface area contributed by atoms with Crippen LogP contribution in [-0.2, 0) is 9.53 Å². The highest BCUT2D eigenvalue weighted by molar-refractivity contribution is 5.81. The highest BCUT2D eigenvalue weighted by atomic mass is 16.5. The standard InChI is InChI=1S/C14H20O2/c1-5-14(13(15)16-4)8-10-6-7-11(14)12(10)9(2)3/h5,10-11H,1,6-8H2,2-4H3/t10-,11-,14+/m1/s1. The molecular formula is C14H20O2. The SMILES string of the molecule is C=C[C@]1(C(=O)OC)C[C@H]2CC[C@@H]1C2=C(C)C. The number of hydrogen-bond donors (Lipinski definition) is 0. The molecule has 2 heteroatoms. The van der Waals surface area contributed by atoms with Gasteiger partial charge in [-0.3, -0.25) is 4.79 Å². The van der Waals surface area contributed by atoms with E-state index >= 15 is 0 Å². The Labute approximate surface area is 97.4 Å². The Balaban J connectivity index is 2.44. The number of carbonyl (C=O) groups is 1. The predicted molar refractivity (Wildman–Crippen MR) is 63.9 cm³/mol. The van der Waals surface area contributed by atoms with Crippen molar-refractivity contribution in [2.24, 2.45) is 17.3 Å². The van der Waals surface area contributed by atoms with E-state index in [1.165, 1.54) is 24.7 Å². The molecule has 0 saturated heterocycles. The lowest BCUT2D eigenvalue weighted by Crippen LogP contribution is -2.35. The molecule has 0 aromatic rings. The first-order chi connectivity index (χ1) is 7.56. The van der Waals surface area contributed by atoms with Crippen LogP contribution in [0.3, 0.4) is 0 Å². The van der Waals surface area contributed by atoms with Crippen LogP contribution in [-0.4, -0.2) is 13.1 Å². The quantitative estimate of drug-likeness (QED) is 0.528. The zero-order valence-corrected chi connectivity index (χ0v) is 10.4. The van der Waals surface area contributed by atoms with Gasteiger partial charge >= 0.3 is 5.97 Å². The molecule has 0 amide bonds. The first-order valence-electron chi connectivity index (χ1n) is 5.96. The molecule has 3 atom stereocenters. The molecule has 0 spiro atoms. The zero-order chi connectivity index (χ0) is 11.9. The van der Waals surface area contributed by atoms with E-state index in [2.05, 4.69) is 20.4 Å². The van der Waals surface area contributed by atoms with Crippen LogP contribution in [0, 0.1) is 17.3 Å². The van der Waals surface area contributed by atoms with E-state index in [1.54, 1.807) is 0 Å². The van der Waals surface area contributed by atoms with Gasteiger partial charge in [-0.15, -0.1) is 6.58 Å². The van der Waals surface area contributed by atoms with E-state index in [-0.39, 0.29) is 5.97 Å². The number of carbonyl (C=O) groups excluding carboxylic acids is 1. The maximum atomic E-state index is 12.0. The average molecular weight is 220 g/mol. The van der Waals surface area contributed by atoms with Crippen LogP contribution >= 0.6 is 0 Å². The van der Waals surface area contributed by atoms with Crippen molar-refractivity contribution < 1.29 is 9.53 Å². The maximum Gasteiger partial charge on any atom is 0.316 e. The average Bonchev–Trinajstić information content (AvgIpc) is 2.83. The molecule has 0 heterocycles. The minimum absolute atomic E-state index is 0.103. The molecule has 0 aliphatic heterocycles. The summed E-state index contributed by atoms with van der Waals surface area (Å²) in [5, 5.41) is 0. The summed E-state index contributed by atoms with van der Waals surface area (Å²) >= 11 is 0. The molecule has 16 heavy (non-hydrogen) atoms. The minimum Gasteiger partial charge on any atom is -0.468 e. The third-order valence-electron chi connectivity index (χ3n) is 4.33. The van der Waals surface area contributed by atoms with Gasteiger partial charge in [0.05, 0.1) is 12.5 Å². The lowest BCUT2D eigenvalue weighted by atomic mass is 9.73. The third kappa shape index (κ3) is 1.28. The van der Waals surface area contributed by atoms with Gasteiger partial charge < -0.3 is 4.74 Å². The third-order valence-corrected chi connectivity index (χ3v) is 4.33. The molecule has 0 aromatic heterocycles. The summed E-state index contributed by atoms with van der Waals surface area (Å²) in [6, 6.07) is 0. The lowest BCUT2D eigenvalue weighted by molar-refractivity contribution is -0.152. The Kier molecular flexibility index (Phi) is 2.69. The second-order valence-electron chi connectivity index (χ2n) is 5.22. The van der Waals surface area contributed by atoms with E-state index < -0.39 is 5.41 Å². The fourth-order valence-corrected chi connectivity index (χ4v) is 3.74. The summed E-state index contributed by atoms with van der Waals surface area (Å²) in [5.74, 6) is 0.813. The maximum absolute atomic E-state index is 12.0. The summed E-state index contributed by atoms with van der Waals surface area (Å²) in [4.78, 5) is 12.0. The van der Waals surface area contributed by atoms with E-state index in [1.807, 2.05) is 6.08 Å². The molecule has 2 aliphatic carbocycles. The molecule has 0 unspecified atom stereocenters. The van der Waals surface area contributed by atoms with Crippen LogP contribution in [0.15, 0.2) is 23.8 Å². The van der Waals surface area contributed by atoms with Crippen LogP contribution in [0.4, 0.5) is 0 Å². The molecule has 0 radical (unpaired) electrons. The number of ether oxygens (including phenoxy) is 1. The van der Waals surface area contributed by atoms with Crippen molar-refractivity contribution in [3.8, 4) is 0 Å². The Morgan fingerprint density at radius 3 is 2.62 bits per heavy atom. The highest BCUT2D eigenvalue weighted by Gasteiger charge is 2.57. The topological polar surface area (TPSA) is 26.3 Å². The Bertz CT molecular complexity index is 363. The van der Waals surface area contributed by atoms with Gasteiger partial charge in [0.2, 0.25) is 0 Å². The van der Waals surface area contributed by atoms with Crippen LogP contribution in [0.5, 0.6) is 0 Å². The van der Waals surface area contributed by atoms with Gasteiger partial charge in [-0.25, -0.2) is 0 Å². The van der Waals surface area contributed by atoms with Crippen molar-refractivity contribution in [1.29, 1.82) is 0 Å². The van der Waals surface area contributed by atoms with Crippen LogP contribution in [0.25, 0.3) is 0 Å². The molecule has 2 nitrogen and oxygen atoms in total. The van der Waals surface area contributed by atoms with Crippen molar-refractivity contribution in [3.63, 3.8) is 0 Å². The van der Waals surface area contributed by atoms with Crippen LogP contribution in [0.1, 0.15) is 33.1 Å². The van der Waals surface area contributed by atoms with Crippen molar-refractivity contribution in [2.75, 3.05) is 7.11 Å². The normalized spacial score (nSPS) is 36.3. The Hall–Kier alpha value is -1.05. The number of esters is 1. The second-order valence-corrected chi connectivity index (χ2v) is 5.22. The van der Waals surface area contributed by atoms with Gasteiger partial charge in [-0.2, -0.15) is 0 Å². The Morgan fingerprint density at radius 2 is 2.19 bits per heavy atom. The number of allylic oxidation sites excluding steroid dienone is 2. The van der Waals surface area contributed by atoms with Crippen LogP contribution < -0.4 is 0 Å². The molecule has 2 saturated carbocycles. The number of rotatable bonds is 2. The summed E-state index contributed by atoms with van der Waals surface area (Å²) in [6.07, 6.45) is 5.05. The fourth-order valence-electron chi connectivity index (χ4n) is 3.74. The zero-order valence-electron chi connectivity index (χ0n) is 10.4. The first kappa shape index (κ1) is 11.4. The molecule has 0 N–H and O–H groups in total. The highest BCUT2D eigenvalue weighted by Crippen LogP contribution is 2.60. The number of hydrogen-bond acceptors (Lipinski definition) is 2. The smallest absolute Gasteiger partial charge is 0.316 e. The first-order valence-corrected chi connectivity index (χ1v) is 5.96. The minimum atomic E-state index is -0.440. The van der Waals surface area contributed by atoms with Gasteiger partial charge in [0.25, 0.3) is 0 Å². The summed E-state index contributed by atoms with van der Waals surface area (Å²) in [6.45, 7) is 8.17. The summed E-state index contributed by atoms with van der Waals surface area (Å²) in [5.41, 5.74) is 2.43. The van der Waals surface area contributed by atoms with Crippen LogP contribution in [0.2, 0.25) is 0 Å². The molecule has 2 bridgehead atoms. The number of methoxy groups -OCH3 is 1. The number of fused-ring (bicyclic) bond motifs is 2. The van der Waals surface area contributed by atoms with Crippen molar-refractivity contribution in [2.45, 2.75) is 33.1 Å². The van der Waals surface area contributed by atoms with Gasteiger partial charge in [-0.1, -0.05) is 17.2 Å². The molecule has 0 aromatic carbocycles. The van der Waals surface area contributed by atoms with E-state index in [0.29, 0.717) is 11.8 Å². The molecule has 2 aliphatic rings. The van der Waals surface area contributed by atoms with E-state index in [4.69, 9.17) is 4.74 Å². The lowest BCUT2D eigenvalue weighted by Gasteiger charge is -2.31. The van der Waals surface area contributed by atoms with Gasteiger partial charge in [0, 0.05) is 0 Å².